The zero-order chi connectivity index (χ0) is 46.8. The molecule has 71 heavy (non-hydrogen) atoms. The first-order valence-corrected chi connectivity index (χ1v) is 24.7. The van der Waals surface area contributed by atoms with Gasteiger partial charge in [-0.3, -0.25) is 0 Å². The third-order valence-corrected chi connectivity index (χ3v) is 14.9. The molecule has 0 saturated heterocycles. The van der Waals surface area contributed by atoms with E-state index < -0.39 is 0 Å². The number of nitrogens with zero attached hydrogens (tertiary/aromatic N) is 3. The van der Waals surface area contributed by atoms with E-state index in [1.807, 2.05) is 0 Å². The van der Waals surface area contributed by atoms with Crippen LogP contribution in [0.15, 0.2) is 273 Å². The van der Waals surface area contributed by atoms with Crippen molar-refractivity contribution in [1.82, 2.24) is 4.57 Å². The molecule has 12 aromatic rings. The van der Waals surface area contributed by atoms with Gasteiger partial charge in [-0.15, -0.1) is 0 Å². The molecule has 0 atom stereocenters. The Morgan fingerprint density at radius 1 is 0.282 bits per heavy atom. The summed E-state index contributed by atoms with van der Waals surface area (Å²) >= 11 is 0. The zero-order valence-electron chi connectivity index (χ0n) is 39.0. The average molecular weight is 902 g/mol. The minimum Gasteiger partial charge on any atom is -0.311 e. The Morgan fingerprint density at radius 2 is 0.746 bits per heavy atom. The van der Waals surface area contributed by atoms with Gasteiger partial charge in [-0.1, -0.05) is 217 Å². The van der Waals surface area contributed by atoms with E-state index in [1.54, 1.807) is 0 Å². The fraction of sp³-hybridized carbons (Fsp3) is 0. The summed E-state index contributed by atoms with van der Waals surface area (Å²) in [5.74, 6) is 0. The van der Waals surface area contributed by atoms with Crippen molar-refractivity contribution in [2.24, 2.45) is 0 Å². The quantitative estimate of drug-likeness (QED) is 0.141. The molecule has 0 saturated carbocycles. The predicted octanol–water partition coefficient (Wildman–Crippen LogP) is 12.7. The van der Waals surface area contributed by atoms with Gasteiger partial charge in [0.05, 0.1) is 22.4 Å². The maximum atomic E-state index is 2.59. The van der Waals surface area contributed by atoms with Gasteiger partial charge in [0, 0.05) is 39.2 Å². The number of fused-ring (bicyclic) bond motifs is 7. The topological polar surface area (TPSA) is 11.4 Å². The van der Waals surface area contributed by atoms with Crippen molar-refractivity contribution < 1.29 is 0 Å². The van der Waals surface area contributed by atoms with Crippen LogP contribution in [0.2, 0.25) is 0 Å². The second-order valence-electron chi connectivity index (χ2n) is 18.8. The summed E-state index contributed by atoms with van der Waals surface area (Å²) in [5.41, 5.74) is 22.9. The highest BCUT2D eigenvalue weighted by atomic mass is 15.2. The molecule has 0 spiro atoms. The smallest absolute Gasteiger partial charge is 0.252 e. The molecule has 2 aliphatic heterocycles. The Kier molecular flexibility index (Phi) is 9.73. The molecule has 3 heterocycles. The Bertz CT molecular complexity index is 3810. The van der Waals surface area contributed by atoms with E-state index in [0.29, 0.717) is 0 Å². The monoisotopic (exact) mass is 901 g/mol. The summed E-state index contributed by atoms with van der Waals surface area (Å²) in [6.07, 6.45) is 0. The van der Waals surface area contributed by atoms with Crippen LogP contribution in [0.1, 0.15) is 0 Å². The lowest BCUT2D eigenvalue weighted by atomic mass is 9.32. The molecule has 0 fully saturated rings. The van der Waals surface area contributed by atoms with Gasteiger partial charge >= 0.3 is 0 Å². The number of rotatable bonds is 8. The molecule has 0 unspecified atom stereocenters. The van der Waals surface area contributed by atoms with E-state index in [9.17, 15) is 0 Å². The first kappa shape index (κ1) is 41.0. The van der Waals surface area contributed by atoms with Gasteiger partial charge in [-0.2, -0.15) is 0 Å². The van der Waals surface area contributed by atoms with Crippen molar-refractivity contribution in [2.45, 2.75) is 0 Å². The molecule has 2 aliphatic rings. The van der Waals surface area contributed by atoms with E-state index in [1.165, 1.54) is 88.6 Å². The molecule has 14 rings (SSSR count). The van der Waals surface area contributed by atoms with Crippen LogP contribution in [-0.2, 0) is 0 Å². The fourth-order valence-corrected chi connectivity index (χ4v) is 11.8. The SMILES string of the molecule is c1ccc(B(c2ccccc2)c2ccc3c(c2)N(c2ccccc2-n2c4ccc(-c5ccccc5)cc4c4cc(-c5ccccc5)ccc42)c2cccc4c2B3c2ccccc2N4c2ccccc2)cc1. The molecular weight excluding hydrogens is 856 g/mol. The standard InChI is InChI=1S/C66H45B2N3/c1-6-21-46(22-7-1)48-37-41-58-54(43-48)55-44-49(47-23-8-2-9-24-47)38-42-59(55)70(58)61-33-18-19-34-62(61)71-64-36-20-35-63-66(64)68(56-31-16-17-32-60(56)69(63)53-29-14-5-15-30-53)57-40-39-52(45-65(57)71)67(50-25-10-3-11-26-50)51-27-12-4-13-28-51/h1-45H. The van der Waals surface area contributed by atoms with Gasteiger partial charge in [-0.25, -0.2) is 0 Å². The van der Waals surface area contributed by atoms with E-state index in [-0.39, 0.29) is 13.4 Å². The number of anilines is 6. The van der Waals surface area contributed by atoms with Crippen molar-refractivity contribution in [3.8, 4) is 27.9 Å². The molecule has 330 valence electrons. The van der Waals surface area contributed by atoms with E-state index in [0.717, 1.165) is 28.1 Å². The van der Waals surface area contributed by atoms with Crippen LogP contribution in [-0.4, -0.2) is 18.0 Å². The second-order valence-corrected chi connectivity index (χ2v) is 18.8. The van der Waals surface area contributed by atoms with Gasteiger partial charge in [0.15, 0.2) is 0 Å². The van der Waals surface area contributed by atoms with Crippen LogP contribution >= 0.6 is 0 Å². The van der Waals surface area contributed by atoms with Crippen LogP contribution in [0, 0.1) is 0 Å². The highest BCUT2D eigenvalue weighted by Crippen LogP contribution is 2.47. The van der Waals surface area contributed by atoms with Crippen LogP contribution in [0.4, 0.5) is 34.1 Å². The molecule has 0 N–H and O–H groups in total. The summed E-state index contributed by atoms with van der Waals surface area (Å²) in [4.78, 5) is 5.05. The molecule has 1 aromatic heterocycles. The molecule has 5 heteroatoms. The molecule has 0 bridgehead atoms. The summed E-state index contributed by atoms with van der Waals surface area (Å²) in [6, 6.07) is 101. The number of para-hydroxylation sites is 4. The molecule has 0 radical (unpaired) electrons. The van der Waals surface area contributed by atoms with Crippen molar-refractivity contribution in [3.63, 3.8) is 0 Å². The van der Waals surface area contributed by atoms with E-state index >= 15 is 0 Å². The summed E-state index contributed by atoms with van der Waals surface area (Å²) in [7, 11) is 0. The predicted molar refractivity (Wildman–Crippen MR) is 303 cm³/mol. The third-order valence-electron chi connectivity index (χ3n) is 14.9. The Hall–Kier alpha value is -9.05. The zero-order valence-corrected chi connectivity index (χ0v) is 39.0. The van der Waals surface area contributed by atoms with Gasteiger partial charge in [-0.05, 0) is 111 Å². The van der Waals surface area contributed by atoms with Gasteiger partial charge in [0.25, 0.3) is 6.71 Å². The largest absolute Gasteiger partial charge is 0.311 e. The van der Waals surface area contributed by atoms with E-state index in [4.69, 9.17) is 0 Å². The number of aromatic nitrogens is 1. The highest BCUT2D eigenvalue weighted by molar-refractivity contribution is 7.01. The van der Waals surface area contributed by atoms with Gasteiger partial charge in [0.1, 0.15) is 0 Å². The Balaban J connectivity index is 1.05. The normalized spacial score (nSPS) is 12.4. The third kappa shape index (κ3) is 6.69. The maximum absolute atomic E-state index is 2.59. The lowest BCUT2D eigenvalue weighted by Gasteiger charge is -2.44. The fourth-order valence-electron chi connectivity index (χ4n) is 11.8. The number of hydrogen-bond donors (Lipinski definition) is 0. The van der Waals surface area contributed by atoms with Crippen molar-refractivity contribution >= 4 is 102 Å². The number of hydrogen-bond acceptors (Lipinski definition) is 2. The Labute approximate surface area is 415 Å². The van der Waals surface area contributed by atoms with Crippen LogP contribution in [0.3, 0.4) is 0 Å². The van der Waals surface area contributed by atoms with E-state index in [2.05, 4.69) is 287 Å². The van der Waals surface area contributed by atoms with Crippen LogP contribution in [0.5, 0.6) is 0 Å². The Morgan fingerprint density at radius 3 is 1.34 bits per heavy atom. The first-order chi connectivity index (χ1) is 35.3. The molecule has 11 aromatic carbocycles. The maximum Gasteiger partial charge on any atom is 0.252 e. The number of benzene rings is 11. The lowest BCUT2D eigenvalue weighted by Crippen LogP contribution is -2.62. The minimum atomic E-state index is -0.00206. The summed E-state index contributed by atoms with van der Waals surface area (Å²) in [6.45, 7) is 0.0208. The second kappa shape index (κ2) is 16.9. The first-order valence-electron chi connectivity index (χ1n) is 24.7. The summed E-state index contributed by atoms with van der Waals surface area (Å²) < 4.78 is 2.51. The van der Waals surface area contributed by atoms with Crippen LogP contribution in [0.25, 0.3) is 49.7 Å². The van der Waals surface area contributed by atoms with Gasteiger partial charge in [0.2, 0.25) is 6.71 Å². The highest BCUT2D eigenvalue weighted by Gasteiger charge is 2.44. The average Bonchev–Trinajstić information content (AvgIpc) is 3.77. The van der Waals surface area contributed by atoms with Crippen molar-refractivity contribution in [1.29, 1.82) is 0 Å². The molecule has 3 nitrogen and oxygen atoms in total. The molecular formula is C66H45B2N3. The van der Waals surface area contributed by atoms with Crippen LogP contribution < -0.4 is 42.6 Å². The molecule has 0 amide bonds. The summed E-state index contributed by atoms with van der Waals surface area (Å²) in [5, 5.41) is 2.44. The lowest BCUT2D eigenvalue weighted by molar-refractivity contribution is 1.15. The molecule has 0 aliphatic carbocycles. The van der Waals surface area contributed by atoms with Crippen molar-refractivity contribution in [2.75, 3.05) is 9.80 Å². The minimum absolute atomic E-state index is 0.00206. The van der Waals surface area contributed by atoms with Crippen molar-refractivity contribution in [3.05, 3.63) is 273 Å². The van der Waals surface area contributed by atoms with Gasteiger partial charge < -0.3 is 14.4 Å².